The largest absolute Gasteiger partial charge is 0.366 e. The second-order valence-corrected chi connectivity index (χ2v) is 9.82. The Kier molecular flexibility index (Phi) is 6.41. The fourth-order valence-corrected chi connectivity index (χ4v) is 5.14. The minimum absolute atomic E-state index is 0.0864. The van der Waals surface area contributed by atoms with E-state index < -0.39 is 5.91 Å². The maximum absolute atomic E-state index is 12.9. The number of hydrogen-bond acceptors (Lipinski definition) is 4. The molecule has 2 aliphatic rings. The smallest absolute Gasteiger partial charge is 0.254 e. The quantitative estimate of drug-likeness (QED) is 0.519. The molecule has 0 bridgehead atoms. The van der Waals surface area contributed by atoms with Gasteiger partial charge in [-0.15, -0.1) is 0 Å². The van der Waals surface area contributed by atoms with Crippen molar-refractivity contribution in [1.29, 1.82) is 0 Å². The molecule has 6 nitrogen and oxygen atoms in total. The molecule has 180 valence electrons. The number of nitrogens with two attached hydrogens (primary N) is 1. The van der Waals surface area contributed by atoms with Gasteiger partial charge < -0.3 is 20.9 Å². The normalized spacial score (nSPS) is 16.6. The third-order valence-corrected chi connectivity index (χ3v) is 7.30. The minimum atomic E-state index is -0.578. The van der Waals surface area contributed by atoms with Gasteiger partial charge in [0.15, 0.2) is 0 Å². The monoisotopic (exact) mass is 468 g/mol. The van der Waals surface area contributed by atoms with Gasteiger partial charge in [-0.05, 0) is 84.2 Å². The van der Waals surface area contributed by atoms with Crippen LogP contribution in [0.3, 0.4) is 0 Å². The average molecular weight is 469 g/mol. The first-order chi connectivity index (χ1) is 16.9. The standard InChI is InChI=1S/C29H32N4O2/c1-19(28(30)34)17-33-18-27-25(29(33)35)9-8-21-6-7-23(15-26(21)27)22-5-3-4-20(14-22)16-31-24-10-12-32(2)13-11-24/h3-9,14-15,24,31H,1,10-13,16-18H2,2H3,(H2,30,34). The lowest BCUT2D eigenvalue weighted by Crippen LogP contribution is -2.40. The third-order valence-electron chi connectivity index (χ3n) is 7.30. The first kappa shape index (κ1) is 23.3. The number of rotatable bonds is 7. The highest BCUT2D eigenvalue weighted by Gasteiger charge is 2.29. The van der Waals surface area contributed by atoms with Crippen LogP contribution in [0.15, 0.2) is 66.7 Å². The van der Waals surface area contributed by atoms with Crippen molar-refractivity contribution in [2.24, 2.45) is 5.73 Å². The molecule has 0 atom stereocenters. The van der Waals surface area contributed by atoms with Crippen molar-refractivity contribution in [3.63, 3.8) is 0 Å². The Morgan fingerprint density at radius 3 is 2.60 bits per heavy atom. The first-order valence-electron chi connectivity index (χ1n) is 12.2. The molecule has 0 aliphatic carbocycles. The fourth-order valence-electron chi connectivity index (χ4n) is 5.14. The lowest BCUT2D eigenvalue weighted by molar-refractivity contribution is -0.114. The van der Waals surface area contributed by atoms with Crippen molar-refractivity contribution in [3.8, 4) is 11.1 Å². The maximum Gasteiger partial charge on any atom is 0.254 e. The molecular formula is C29H32N4O2. The van der Waals surface area contributed by atoms with E-state index in [1.165, 1.54) is 18.4 Å². The molecule has 3 aromatic rings. The van der Waals surface area contributed by atoms with Gasteiger partial charge in [-0.2, -0.15) is 0 Å². The van der Waals surface area contributed by atoms with Crippen LogP contribution >= 0.6 is 0 Å². The fraction of sp³-hybridized carbons (Fsp3) is 0.310. The Bertz CT molecular complexity index is 1310. The Labute approximate surface area is 206 Å². The number of primary amides is 1. The Balaban J connectivity index is 1.38. The summed E-state index contributed by atoms with van der Waals surface area (Å²) < 4.78 is 0. The van der Waals surface area contributed by atoms with Gasteiger partial charge >= 0.3 is 0 Å². The van der Waals surface area contributed by atoms with E-state index >= 15 is 0 Å². The maximum atomic E-state index is 12.9. The number of amides is 2. The van der Waals surface area contributed by atoms with Crippen LogP contribution < -0.4 is 11.1 Å². The summed E-state index contributed by atoms with van der Waals surface area (Å²) in [4.78, 5) is 28.4. The molecule has 2 heterocycles. The van der Waals surface area contributed by atoms with Crippen LogP contribution in [0.5, 0.6) is 0 Å². The molecule has 3 N–H and O–H groups in total. The van der Waals surface area contributed by atoms with Gasteiger partial charge in [0.05, 0.1) is 6.54 Å². The summed E-state index contributed by atoms with van der Waals surface area (Å²) >= 11 is 0. The van der Waals surface area contributed by atoms with E-state index in [0.29, 0.717) is 18.2 Å². The molecule has 0 aromatic heterocycles. The number of fused-ring (bicyclic) bond motifs is 3. The Morgan fingerprint density at radius 2 is 1.83 bits per heavy atom. The third kappa shape index (κ3) is 4.85. The van der Waals surface area contributed by atoms with Crippen LogP contribution in [-0.4, -0.2) is 54.3 Å². The average Bonchev–Trinajstić information content (AvgIpc) is 3.19. The Hall–Kier alpha value is -3.48. The number of benzene rings is 3. The highest BCUT2D eigenvalue weighted by molar-refractivity contribution is 6.05. The summed E-state index contributed by atoms with van der Waals surface area (Å²) in [6.45, 7) is 7.46. The number of carbonyl (C=O) groups excluding carboxylic acids is 2. The summed E-state index contributed by atoms with van der Waals surface area (Å²) in [5.74, 6) is -0.664. The SMILES string of the molecule is C=C(CN1Cc2c(ccc3ccc(-c4cccc(CNC5CCN(C)CC5)c4)cc23)C1=O)C(N)=O. The van der Waals surface area contributed by atoms with Gasteiger partial charge in [0.1, 0.15) is 0 Å². The summed E-state index contributed by atoms with van der Waals surface area (Å²) in [5, 5.41) is 5.88. The highest BCUT2D eigenvalue weighted by atomic mass is 16.2. The summed E-state index contributed by atoms with van der Waals surface area (Å²) in [6.07, 6.45) is 2.38. The van der Waals surface area contributed by atoms with E-state index in [9.17, 15) is 9.59 Å². The molecule has 3 aromatic carbocycles. The van der Waals surface area contributed by atoms with E-state index in [2.05, 4.69) is 66.3 Å². The van der Waals surface area contributed by atoms with Crippen LogP contribution in [0, 0.1) is 0 Å². The first-order valence-corrected chi connectivity index (χ1v) is 12.2. The predicted octanol–water partition coefficient (Wildman–Crippen LogP) is 3.69. The van der Waals surface area contributed by atoms with Gasteiger partial charge in [0.2, 0.25) is 5.91 Å². The van der Waals surface area contributed by atoms with E-state index in [0.717, 1.165) is 47.1 Å². The van der Waals surface area contributed by atoms with Gasteiger partial charge in [-0.3, -0.25) is 9.59 Å². The molecule has 2 aliphatic heterocycles. The van der Waals surface area contributed by atoms with Crippen molar-refractivity contribution in [2.45, 2.75) is 32.0 Å². The zero-order valence-corrected chi connectivity index (χ0v) is 20.2. The molecule has 5 rings (SSSR count). The van der Waals surface area contributed by atoms with E-state index in [1.807, 2.05) is 12.1 Å². The second-order valence-electron chi connectivity index (χ2n) is 9.82. The highest BCUT2D eigenvalue weighted by Crippen LogP contribution is 2.33. The van der Waals surface area contributed by atoms with Crippen molar-refractivity contribution in [2.75, 3.05) is 26.7 Å². The number of piperidine rings is 1. The lowest BCUT2D eigenvalue weighted by Gasteiger charge is -2.29. The molecule has 0 radical (unpaired) electrons. The predicted molar refractivity (Wildman–Crippen MR) is 140 cm³/mol. The van der Waals surface area contributed by atoms with Gasteiger partial charge in [0.25, 0.3) is 5.91 Å². The minimum Gasteiger partial charge on any atom is -0.366 e. The molecule has 0 spiro atoms. The Morgan fingerprint density at radius 1 is 1.09 bits per heavy atom. The van der Waals surface area contributed by atoms with Gasteiger partial charge in [0, 0.05) is 30.3 Å². The van der Waals surface area contributed by atoms with Crippen molar-refractivity contribution in [3.05, 3.63) is 83.4 Å². The van der Waals surface area contributed by atoms with E-state index in [-0.39, 0.29) is 18.0 Å². The molecule has 35 heavy (non-hydrogen) atoms. The molecule has 6 heteroatoms. The zero-order chi connectivity index (χ0) is 24.5. The molecule has 1 fully saturated rings. The van der Waals surface area contributed by atoms with Crippen molar-refractivity contribution in [1.82, 2.24) is 15.1 Å². The summed E-state index contributed by atoms with van der Waals surface area (Å²) in [6, 6.07) is 19.5. The van der Waals surface area contributed by atoms with Crippen LogP contribution in [0.2, 0.25) is 0 Å². The number of hydrogen-bond donors (Lipinski definition) is 2. The lowest BCUT2D eigenvalue weighted by atomic mass is 9.95. The zero-order valence-electron chi connectivity index (χ0n) is 20.2. The van der Waals surface area contributed by atoms with Gasteiger partial charge in [-0.1, -0.05) is 43.0 Å². The van der Waals surface area contributed by atoms with Crippen molar-refractivity contribution < 1.29 is 9.59 Å². The van der Waals surface area contributed by atoms with Crippen molar-refractivity contribution >= 4 is 22.6 Å². The summed E-state index contributed by atoms with van der Waals surface area (Å²) in [5.41, 5.74) is 10.8. The van der Waals surface area contributed by atoms with Crippen LogP contribution in [0.1, 0.15) is 34.3 Å². The molecular weight excluding hydrogens is 436 g/mol. The number of nitrogens with zero attached hydrogens (tertiary/aromatic N) is 2. The van der Waals surface area contributed by atoms with Crippen LogP contribution in [0.4, 0.5) is 0 Å². The molecule has 0 saturated carbocycles. The molecule has 0 unspecified atom stereocenters. The van der Waals surface area contributed by atoms with E-state index in [4.69, 9.17) is 5.73 Å². The topological polar surface area (TPSA) is 78.7 Å². The number of carbonyl (C=O) groups is 2. The molecule has 2 amide bonds. The second kappa shape index (κ2) is 9.64. The van der Waals surface area contributed by atoms with Crippen LogP contribution in [0.25, 0.3) is 21.9 Å². The number of nitrogens with one attached hydrogen (secondary N) is 1. The number of likely N-dealkylation sites (tertiary alicyclic amines) is 1. The van der Waals surface area contributed by atoms with Gasteiger partial charge in [-0.25, -0.2) is 0 Å². The van der Waals surface area contributed by atoms with E-state index in [1.54, 1.807) is 4.90 Å². The molecule has 1 saturated heterocycles. The summed E-state index contributed by atoms with van der Waals surface area (Å²) in [7, 11) is 2.18. The van der Waals surface area contributed by atoms with Crippen LogP contribution in [-0.2, 0) is 17.9 Å².